The second kappa shape index (κ2) is 8.03. The molecule has 1 atom stereocenters. The Hall–Kier alpha value is -2.25. The van der Waals surface area contributed by atoms with Gasteiger partial charge in [-0.05, 0) is 36.2 Å². The number of hydrogen-bond donors (Lipinski definition) is 1. The first-order chi connectivity index (χ1) is 11.7. The van der Waals surface area contributed by atoms with Crippen LogP contribution in [0.15, 0.2) is 56.7 Å². The number of rotatable bonds is 8. The number of benzene rings is 1. The molecule has 3 aromatic rings. The molecule has 0 spiro atoms. The molecule has 7 heteroatoms. The third kappa shape index (κ3) is 4.39. The lowest BCUT2D eigenvalue weighted by molar-refractivity contribution is 0.126. The van der Waals surface area contributed by atoms with Crippen molar-refractivity contribution in [2.45, 2.75) is 24.7 Å². The van der Waals surface area contributed by atoms with Gasteiger partial charge in [-0.1, -0.05) is 30.8 Å². The largest absolute Gasteiger partial charge is 0.491 e. The summed E-state index contributed by atoms with van der Waals surface area (Å²) in [5, 5.41) is 18.2. The Bertz CT molecular complexity index is 758. The molecule has 3 rings (SSSR count). The van der Waals surface area contributed by atoms with E-state index in [1.165, 1.54) is 17.3 Å². The van der Waals surface area contributed by atoms with Crippen LogP contribution in [-0.2, 0) is 6.42 Å². The highest BCUT2D eigenvalue weighted by Crippen LogP contribution is 2.24. The number of aromatic nitrogens is 2. The Morgan fingerprint density at radius 1 is 1.25 bits per heavy atom. The van der Waals surface area contributed by atoms with Crippen molar-refractivity contribution >= 4 is 11.8 Å². The van der Waals surface area contributed by atoms with E-state index in [9.17, 15) is 5.11 Å². The summed E-state index contributed by atoms with van der Waals surface area (Å²) in [6.07, 6.45) is 1.85. The summed E-state index contributed by atoms with van der Waals surface area (Å²) in [6, 6.07) is 11.4. The Labute approximate surface area is 143 Å². The van der Waals surface area contributed by atoms with Crippen LogP contribution in [0.2, 0.25) is 0 Å². The topological polar surface area (TPSA) is 81.5 Å². The fourth-order valence-corrected chi connectivity index (χ4v) is 2.70. The highest BCUT2D eigenvalue weighted by molar-refractivity contribution is 7.99. The van der Waals surface area contributed by atoms with E-state index in [2.05, 4.69) is 17.1 Å². The molecular formula is C17H18N2O4S. The quantitative estimate of drug-likeness (QED) is 0.626. The molecule has 0 saturated carbocycles. The lowest BCUT2D eigenvalue weighted by Crippen LogP contribution is -2.20. The first-order valence-electron chi connectivity index (χ1n) is 7.64. The van der Waals surface area contributed by atoms with Gasteiger partial charge >= 0.3 is 0 Å². The molecule has 24 heavy (non-hydrogen) atoms. The molecule has 126 valence electrons. The molecular weight excluding hydrogens is 328 g/mol. The van der Waals surface area contributed by atoms with Gasteiger partial charge in [0.25, 0.3) is 11.1 Å². The van der Waals surface area contributed by atoms with Crippen LogP contribution in [0.1, 0.15) is 12.5 Å². The molecule has 6 nitrogen and oxygen atoms in total. The predicted molar refractivity (Wildman–Crippen MR) is 90.0 cm³/mol. The first kappa shape index (κ1) is 16.6. The monoisotopic (exact) mass is 346 g/mol. The molecule has 1 aromatic carbocycles. The average molecular weight is 346 g/mol. The summed E-state index contributed by atoms with van der Waals surface area (Å²) in [7, 11) is 0. The molecule has 0 aliphatic rings. The number of nitrogens with zero attached hydrogens (tertiary/aromatic N) is 2. The molecule has 0 unspecified atom stereocenters. The third-order valence-electron chi connectivity index (χ3n) is 3.29. The fraction of sp³-hybridized carbons (Fsp3) is 0.294. The Kier molecular flexibility index (Phi) is 5.55. The molecule has 0 radical (unpaired) electrons. The number of aliphatic hydroxyl groups is 1. The van der Waals surface area contributed by atoms with Crippen molar-refractivity contribution in [2.75, 3.05) is 12.4 Å². The summed E-state index contributed by atoms with van der Waals surface area (Å²) in [6.45, 7) is 2.30. The van der Waals surface area contributed by atoms with E-state index in [1.807, 2.05) is 24.3 Å². The van der Waals surface area contributed by atoms with Crippen LogP contribution in [0.25, 0.3) is 11.7 Å². The maximum Gasteiger partial charge on any atom is 0.284 e. The standard InChI is InChI=1S/C17H18N2O4S/c1-2-12-5-3-6-14(9-12)22-10-13(20)11-24-17-19-18-16(23-17)15-7-4-8-21-15/h3-9,13,20H,2,10-11H2,1H3/t13-/m1/s1. The Morgan fingerprint density at radius 3 is 2.96 bits per heavy atom. The Balaban J connectivity index is 1.46. The molecule has 0 aliphatic carbocycles. The summed E-state index contributed by atoms with van der Waals surface area (Å²) in [5.74, 6) is 2.00. The number of ether oxygens (including phenoxy) is 1. The van der Waals surface area contributed by atoms with E-state index in [-0.39, 0.29) is 6.61 Å². The van der Waals surface area contributed by atoms with Crippen LogP contribution in [0, 0.1) is 0 Å². The van der Waals surface area contributed by atoms with E-state index in [4.69, 9.17) is 13.6 Å². The lowest BCUT2D eigenvalue weighted by Gasteiger charge is -2.11. The Morgan fingerprint density at radius 2 is 2.17 bits per heavy atom. The highest BCUT2D eigenvalue weighted by atomic mass is 32.2. The number of aliphatic hydroxyl groups excluding tert-OH is 1. The minimum absolute atomic E-state index is 0.208. The SMILES string of the molecule is CCc1cccc(OC[C@@H](O)CSc2nnc(-c3ccco3)o2)c1. The number of thioether (sulfide) groups is 1. The van der Waals surface area contributed by atoms with Gasteiger partial charge in [-0.2, -0.15) is 0 Å². The van der Waals surface area contributed by atoms with Crippen LogP contribution in [0.3, 0.4) is 0 Å². The molecule has 1 N–H and O–H groups in total. The van der Waals surface area contributed by atoms with Gasteiger partial charge in [0.05, 0.1) is 12.4 Å². The van der Waals surface area contributed by atoms with Gasteiger partial charge in [0.2, 0.25) is 0 Å². The molecule has 0 bridgehead atoms. The fourth-order valence-electron chi connectivity index (χ4n) is 2.03. The van der Waals surface area contributed by atoms with E-state index >= 15 is 0 Å². The van der Waals surface area contributed by atoms with E-state index < -0.39 is 6.10 Å². The zero-order chi connectivity index (χ0) is 16.8. The van der Waals surface area contributed by atoms with Crippen LogP contribution in [0.5, 0.6) is 5.75 Å². The molecule has 0 aliphatic heterocycles. The molecule has 0 fully saturated rings. The maximum atomic E-state index is 10.0. The van der Waals surface area contributed by atoms with Gasteiger partial charge in [-0.3, -0.25) is 0 Å². The van der Waals surface area contributed by atoms with Crippen LogP contribution in [0.4, 0.5) is 0 Å². The lowest BCUT2D eigenvalue weighted by atomic mass is 10.2. The molecule has 2 aromatic heterocycles. The van der Waals surface area contributed by atoms with E-state index in [0.29, 0.717) is 22.6 Å². The summed E-state index contributed by atoms with van der Waals surface area (Å²) < 4.78 is 16.3. The molecule has 0 amide bonds. The van der Waals surface area contributed by atoms with Crippen molar-refractivity contribution in [2.24, 2.45) is 0 Å². The minimum atomic E-state index is -0.640. The molecule has 0 saturated heterocycles. The van der Waals surface area contributed by atoms with Gasteiger partial charge in [-0.15, -0.1) is 10.2 Å². The number of hydrogen-bond acceptors (Lipinski definition) is 7. The summed E-state index contributed by atoms with van der Waals surface area (Å²) in [5.41, 5.74) is 1.20. The van der Waals surface area contributed by atoms with E-state index in [1.54, 1.807) is 18.4 Å². The van der Waals surface area contributed by atoms with E-state index in [0.717, 1.165) is 12.2 Å². The minimum Gasteiger partial charge on any atom is -0.491 e. The van der Waals surface area contributed by atoms with Crippen molar-refractivity contribution in [3.8, 4) is 17.4 Å². The van der Waals surface area contributed by atoms with Gasteiger partial charge in [-0.25, -0.2) is 0 Å². The van der Waals surface area contributed by atoms with Gasteiger partial charge in [0, 0.05) is 5.75 Å². The molecule has 2 heterocycles. The second-order valence-corrected chi connectivity index (χ2v) is 6.10. The van der Waals surface area contributed by atoms with Gasteiger partial charge in [0.1, 0.15) is 12.4 Å². The van der Waals surface area contributed by atoms with Crippen molar-refractivity contribution in [3.05, 3.63) is 48.2 Å². The predicted octanol–water partition coefficient (Wildman–Crippen LogP) is 3.42. The van der Waals surface area contributed by atoms with Crippen molar-refractivity contribution in [1.82, 2.24) is 10.2 Å². The zero-order valence-electron chi connectivity index (χ0n) is 13.2. The second-order valence-electron chi connectivity index (χ2n) is 5.13. The van der Waals surface area contributed by atoms with Crippen LogP contribution in [-0.4, -0.2) is 33.8 Å². The smallest absolute Gasteiger partial charge is 0.284 e. The first-order valence-corrected chi connectivity index (χ1v) is 8.63. The normalized spacial score (nSPS) is 12.2. The third-order valence-corrected chi connectivity index (χ3v) is 4.25. The summed E-state index contributed by atoms with van der Waals surface area (Å²) in [4.78, 5) is 0. The zero-order valence-corrected chi connectivity index (χ0v) is 14.0. The van der Waals surface area contributed by atoms with Crippen LogP contribution < -0.4 is 4.74 Å². The van der Waals surface area contributed by atoms with Gasteiger partial charge in [0.15, 0.2) is 5.76 Å². The highest BCUT2D eigenvalue weighted by Gasteiger charge is 2.13. The number of furan rings is 1. The van der Waals surface area contributed by atoms with Crippen molar-refractivity contribution in [1.29, 1.82) is 0 Å². The van der Waals surface area contributed by atoms with Gasteiger partial charge < -0.3 is 18.7 Å². The summed E-state index contributed by atoms with van der Waals surface area (Å²) >= 11 is 1.28. The average Bonchev–Trinajstić information content (AvgIpc) is 3.29. The van der Waals surface area contributed by atoms with Crippen LogP contribution >= 0.6 is 11.8 Å². The number of aryl methyl sites for hydroxylation is 1. The van der Waals surface area contributed by atoms with Crippen molar-refractivity contribution in [3.63, 3.8) is 0 Å². The van der Waals surface area contributed by atoms with Crippen molar-refractivity contribution < 1.29 is 18.7 Å². The maximum absolute atomic E-state index is 10.0.